The van der Waals surface area contributed by atoms with E-state index in [1.54, 1.807) is 6.92 Å². The molecule has 0 aliphatic rings. The molecule has 0 spiro atoms. The third-order valence-electron chi connectivity index (χ3n) is 2.20. The Labute approximate surface area is 68.1 Å². The molecule has 2 atom stereocenters. The zero-order valence-electron chi connectivity index (χ0n) is 7.55. The van der Waals surface area contributed by atoms with E-state index in [-0.39, 0.29) is 11.8 Å². The van der Waals surface area contributed by atoms with Crippen LogP contribution in [0.1, 0.15) is 33.6 Å². The summed E-state index contributed by atoms with van der Waals surface area (Å²) in [4.78, 5) is 10.8. The maximum absolute atomic E-state index is 10.8. The summed E-state index contributed by atoms with van der Waals surface area (Å²) in [5.74, 6) is -0.564. The van der Waals surface area contributed by atoms with Crippen molar-refractivity contribution in [3.63, 3.8) is 0 Å². The van der Waals surface area contributed by atoms with Gasteiger partial charge < -0.3 is 11.5 Å². The van der Waals surface area contributed by atoms with Crippen molar-refractivity contribution >= 4 is 5.91 Å². The Hall–Kier alpha value is -0.570. The van der Waals surface area contributed by atoms with Crippen LogP contribution in [0, 0.1) is 5.92 Å². The standard InChI is InChI=1S/C8H18N2O/c1-4-5-8(3,10)6(2)7(9)11/h6H,4-5,10H2,1-3H3,(H2,9,11). The van der Waals surface area contributed by atoms with E-state index in [2.05, 4.69) is 0 Å². The minimum absolute atomic E-state index is 0.248. The lowest BCUT2D eigenvalue weighted by atomic mass is 9.84. The number of hydrogen-bond acceptors (Lipinski definition) is 2. The molecular weight excluding hydrogens is 140 g/mol. The number of rotatable bonds is 4. The van der Waals surface area contributed by atoms with Gasteiger partial charge in [0.05, 0.1) is 5.92 Å². The van der Waals surface area contributed by atoms with E-state index in [0.717, 1.165) is 12.8 Å². The van der Waals surface area contributed by atoms with Crippen molar-refractivity contribution < 1.29 is 4.79 Å². The molecule has 2 unspecified atom stereocenters. The molecule has 0 aromatic heterocycles. The van der Waals surface area contributed by atoms with Crippen molar-refractivity contribution in [2.24, 2.45) is 17.4 Å². The van der Waals surface area contributed by atoms with E-state index in [1.807, 2.05) is 13.8 Å². The fourth-order valence-electron chi connectivity index (χ4n) is 1.08. The average Bonchev–Trinajstić information content (AvgIpc) is 1.86. The first-order valence-corrected chi connectivity index (χ1v) is 4.00. The normalized spacial score (nSPS) is 18.9. The van der Waals surface area contributed by atoms with Gasteiger partial charge in [-0.25, -0.2) is 0 Å². The highest BCUT2D eigenvalue weighted by Crippen LogP contribution is 2.18. The highest BCUT2D eigenvalue weighted by molar-refractivity contribution is 5.77. The smallest absolute Gasteiger partial charge is 0.222 e. The summed E-state index contributed by atoms with van der Waals surface area (Å²) in [6, 6.07) is 0. The maximum atomic E-state index is 10.8. The molecule has 0 fully saturated rings. The van der Waals surface area contributed by atoms with Gasteiger partial charge in [-0.05, 0) is 13.3 Å². The van der Waals surface area contributed by atoms with Crippen molar-refractivity contribution in [3.05, 3.63) is 0 Å². The summed E-state index contributed by atoms with van der Waals surface area (Å²) in [6.45, 7) is 5.68. The summed E-state index contributed by atoms with van der Waals surface area (Å²) in [7, 11) is 0. The topological polar surface area (TPSA) is 69.1 Å². The van der Waals surface area contributed by atoms with Gasteiger partial charge in [0.25, 0.3) is 0 Å². The van der Waals surface area contributed by atoms with E-state index < -0.39 is 5.54 Å². The number of carbonyl (C=O) groups excluding carboxylic acids is 1. The first-order valence-electron chi connectivity index (χ1n) is 4.00. The van der Waals surface area contributed by atoms with Crippen LogP contribution >= 0.6 is 0 Å². The van der Waals surface area contributed by atoms with E-state index in [1.165, 1.54) is 0 Å². The molecule has 0 heterocycles. The Morgan fingerprint density at radius 1 is 1.64 bits per heavy atom. The molecule has 0 saturated carbocycles. The summed E-state index contributed by atoms with van der Waals surface area (Å²) in [5.41, 5.74) is 10.6. The third-order valence-corrected chi connectivity index (χ3v) is 2.20. The quantitative estimate of drug-likeness (QED) is 0.630. The molecule has 0 aromatic rings. The van der Waals surface area contributed by atoms with Gasteiger partial charge in [-0.2, -0.15) is 0 Å². The number of primary amides is 1. The predicted molar refractivity (Wildman–Crippen MR) is 45.9 cm³/mol. The number of nitrogens with two attached hydrogens (primary N) is 2. The van der Waals surface area contributed by atoms with E-state index >= 15 is 0 Å². The number of amides is 1. The summed E-state index contributed by atoms with van der Waals surface area (Å²) in [5, 5.41) is 0. The second-order valence-corrected chi connectivity index (χ2v) is 3.38. The summed E-state index contributed by atoms with van der Waals surface area (Å²) >= 11 is 0. The van der Waals surface area contributed by atoms with Gasteiger partial charge >= 0.3 is 0 Å². The number of hydrogen-bond donors (Lipinski definition) is 2. The minimum atomic E-state index is -0.444. The molecule has 0 saturated heterocycles. The van der Waals surface area contributed by atoms with Gasteiger partial charge in [0.1, 0.15) is 0 Å². The monoisotopic (exact) mass is 158 g/mol. The molecule has 0 aromatic carbocycles. The highest BCUT2D eigenvalue weighted by Gasteiger charge is 2.29. The van der Waals surface area contributed by atoms with Gasteiger partial charge in [-0.15, -0.1) is 0 Å². The van der Waals surface area contributed by atoms with Crippen molar-refractivity contribution in [1.29, 1.82) is 0 Å². The van der Waals surface area contributed by atoms with Gasteiger partial charge in [0, 0.05) is 5.54 Å². The van der Waals surface area contributed by atoms with Crippen molar-refractivity contribution in [1.82, 2.24) is 0 Å². The third kappa shape index (κ3) is 2.89. The Balaban J connectivity index is 4.16. The molecule has 0 bridgehead atoms. The fourth-order valence-corrected chi connectivity index (χ4v) is 1.08. The Bertz CT molecular complexity index is 143. The van der Waals surface area contributed by atoms with E-state index in [0.29, 0.717) is 0 Å². The predicted octanol–water partition coefficient (Wildman–Crippen LogP) is 0.625. The van der Waals surface area contributed by atoms with Gasteiger partial charge in [0.2, 0.25) is 5.91 Å². The molecule has 3 nitrogen and oxygen atoms in total. The Morgan fingerprint density at radius 3 is 2.36 bits per heavy atom. The summed E-state index contributed by atoms with van der Waals surface area (Å²) < 4.78 is 0. The van der Waals surface area contributed by atoms with Crippen molar-refractivity contribution in [2.75, 3.05) is 0 Å². The second-order valence-electron chi connectivity index (χ2n) is 3.38. The molecule has 0 aliphatic carbocycles. The lowest BCUT2D eigenvalue weighted by Crippen LogP contribution is -2.48. The molecule has 3 heteroatoms. The molecular formula is C8H18N2O. The second kappa shape index (κ2) is 3.72. The molecule has 11 heavy (non-hydrogen) atoms. The SMILES string of the molecule is CCCC(C)(N)C(C)C(N)=O. The zero-order chi connectivity index (χ0) is 9.07. The minimum Gasteiger partial charge on any atom is -0.369 e. The van der Waals surface area contributed by atoms with Crippen LogP contribution in [0.2, 0.25) is 0 Å². The first kappa shape index (κ1) is 10.4. The van der Waals surface area contributed by atoms with Crippen LogP contribution in [0.4, 0.5) is 0 Å². The zero-order valence-corrected chi connectivity index (χ0v) is 7.55. The average molecular weight is 158 g/mol. The van der Waals surface area contributed by atoms with E-state index in [9.17, 15) is 4.79 Å². The van der Waals surface area contributed by atoms with Crippen LogP contribution in [0.5, 0.6) is 0 Å². The Morgan fingerprint density at radius 2 is 2.09 bits per heavy atom. The van der Waals surface area contributed by atoms with Crippen LogP contribution < -0.4 is 11.5 Å². The van der Waals surface area contributed by atoms with E-state index in [4.69, 9.17) is 11.5 Å². The largest absolute Gasteiger partial charge is 0.369 e. The molecule has 0 rings (SSSR count). The fraction of sp³-hybridized carbons (Fsp3) is 0.875. The van der Waals surface area contributed by atoms with Crippen LogP contribution in [0.3, 0.4) is 0 Å². The lowest BCUT2D eigenvalue weighted by molar-refractivity contribution is -0.123. The molecule has 4 N–H and O–H groups in total. The molecule has 0 aliphatic heterocycles. The first-order chi connectivity index (χ1) is 4.91. The van der Waals surface area contributed by atoms with Crippen molar-refractivity contribution in [3.8, 4) is 0 Å². The molecule has 0 radical (unpaired) electrons. The molecule has 1 amide bonds. The van der Waals surface area contributed by atoms with Crippen LogP contribution in [-0.2, 0) is 4.79 Å². The maximum Gasteiger partial charge on any atom is 0.222 e. The van der Waals surface area contributed by atoms with Crippen LogP contribution in [-0.4, -0.2) is 11.4 Å². The lowest BCUT2D eigenvalue weighted by Gasteiger charge is -2.28. The van der Waals surface area contributed by atoms with Crippen molar-refractivity contribution in [2.45, 2.75) is 39.2 Å². The van der Waals surface area contributed by atoms with Crippen LogP contribution in [0.15, 0.2) is 0 Å². The number of carbonyl (C=O) groups is 1. The van der Waals surface area contributed by atoms with Gasteiger partial charge in [0.15, 0.2) is 0 Å². The van der Waals surface area contributed by atoms with Gasteiger partial charge in [-0.3, -0.25) is 4.79 Å². The molecule has 66 valence electrons. The Kier molecular flexibility index (Phi) is 3.52. The van der Waals surface area contributed by atoms with Crippen LogP contribution in [0.25, 0.3) is 0 Å². The summed E-state index contributed by atoms with van der Waals surface area (Å²) in [6.07, 6.45) is 1.81. The highest BCUT2D eigenvalue weighted by atomic mass is 16.1. The van der Waals surface area contributed by atoms with Gasteiger partial charge in [-0.1, -0.05) is 20.3 Å².